The second kappa shape index (κ2) is 8.25. The third-order valence-corrected chi connectivity index (χ3v) is 27.3. The van der Waals surface area contributed by atoms with Crippen LogP contribution in [-0.2, 0) is 20.4 Å². The summed E-state index contributed by atoms with van der Waals surface area (Å²) in [5.41, 5.74) is 10.0. The normalized spacial score (nSPS) is 17.3. The fourth-order valence-corrected chi connectivity index (χ4v) is 27.6. The molecule has 2 heteroatoms. The molecule has 4 aromatic rings. The quantitative estimate of drug-likeness (QED) is 0.261. The van der Waals surface area contributed by atoms with Crippen molar-refractivity contribution in [3.63, 3.8) is 0 Å². The van der Waals surface area contributed by atoms with Crippen LogP contribution in [0.25, 0.3) is 16.7 Å². The van der Waals surface area contributed by atoms with E-state index in [4.69, 9.17) is 0 Å². The fourth-order valence-electron chi connectivity index (χ4n) is 5.79. The summed E-state index contributed by atoms with van der Waals surface area (Å²) in [7, 11) is 0. The summed E-state index contributed by atoms with van der Waals surface area (Å²) >= 11 is -2.18. The van der Waals surface area contributed by atoms with Crippen molar-refractivity contribution >= 4 is 16.2 Å². The van der Waals surface area contributed by atoms with Crippen LogP contribution in [0.15, 0.2) is 109 Å². The zero-order valence-corrected chi connectivity index (χ0v) is 22.0. The van der Waals surface area contributed by atoms with Crippen molar-refractivity contribution in [2.75, 3.05) is 0 Å². The van der Waals surface area contributed by atoms with Crippen LogP contribution < -0.4 is 5.19 Å². The van der Waals surface area contributed by atoms with Gasteiger partial charge in [0.2, 0.25) is 0 Å². The van der Waals surface area contributed by atoms with Crippen LogP contribution in [0.5, 0.6) is 0 Å². The molecule has 4 aromatic carbocycles. The molecule has 1 unspecified atom stereocenters. The standard InChI is InChI=1S/C13H9.C10H9.C7H8Si.Zr/c1-3-7-12-10(5-1)9-11-6-2-4-8-13(11)12;1-8-6-7-9-4-2-3-5-10(8)9;1-8-7-5-3-2-4-6-7;/h1-9H;2-7H,1H3;2-6H,1H3;. The van der Waals surface area contributed by atoms with Gasteiger partial charge in [-0.15, -0.1) is 0 Å². The van der Waals surface area contributed by atoms with E-state index in [9.17, 15) is 0 Å². The van der Waals surface area contributed by atoms with Gasteiger partial charge in [-0.1, -0.05) is 0 Å². The first-order valence-electron chi connectivity index (χ1n) is 11.5. The molecule has 1 atom stereocenters. The average Bonchev–Trinajstić information content (AvgIpc) is 3.36. The summed E-state index contributed by atoms with van der Waals surface area (Å²) in [4.78, 5) is 0. The molecule has 0 fully saturated rings. The minimum absolute atomic E-state index is 0.615. The van der Waals surface area contributed by atoms with Gasteiger partial charge in [0.1, 0.15) is 0 Å². The van der Waals surface area contributed by atoms with Crippen LogP contribution in [0.3, 0.4) is 0 Å². The van der Waals surface area contributed by atoms with Crippen molar-refractivity contribution in [3.05, 3.63) is 131 Å². The van der Waals surface area contributed by atoms with Gasteiger partial charge in [-0.3, -0.25) is 0 Å². The van der Waals surface area contributed by atoms with Gasteiger partial charge in [-0.2, -0.15) is 0 Å². The summed E-state index contributed by atoms with van der Waals surface area (Å²) in [5, 5.41) is 1.61. The van der Waals surface area contributed by atoms with Crippen LogP contribution >= 0.6 is 0 Å². The molecule has 0 radical (unpaired) electrons. The van der Waals surface area contributed by atoms with Gasteiger partial charge in [-0.05, 0) is 0 Å². The van der Waals surface area contributed by atoms with Crippen LogP contribution in [0, 0.1) is 0 Å². The molecular weight excluding hydrogens is 480 g/mol. The molecule has 2 aliphatic carbocycles. The minimum atomic E-state index is -2.18. The number of hydrogen-bond acceptors (Lipinski definition) is 0. The Morgan fingerprint density at radius 2 is 1.09 bits per heavy atom. The van der Waals surface area contributed by atoms with Crippen molar-refractivity contribution in [2.45, 2.75) is 20.7 Å². The molecule has 6 rings (SSSR count). The van der Waals surface area contributed by atoms with Gasteiger partial charge in [0.15, 0.2) is 0 Å². The first-order valence-corrected chi connectivity index (χ1v) is 20.0. The Morgan fingerprint density at radius 3 is 1.72 bits per heavy atom. The topological polar surface area (TPSA) is 0 Å². The Bertz CT molecular complexity index is 1350. The van der Waals surface area contributed by atoms with Gasteiger partial charge in [0, 0.05) is 0 Å². The van der Waals surface area contributed by atoms with Gasteiger partial charge in [0.25, 0.3) is 0 Å². The molecule has 154 valence electrons. The number of benzene rings is 4. The van der Waals surface area contributed by atoms with Gasteiger partial charge >= 0.3 is 200 Å². The van der Waals surface area contributed by atoms with E-state index >= 15 is 0 Å². The van der Waals surface area contributed by atoms with Crippen LogP contribution in [-0.4, -0.2) is 5.43 Å². The Balaban J connectivity index is 1.66. The van der Waals surface area contributed by atoms with E-state index in [-0.39, 0.29) is 0 Å². The monoisotopic (exact) mass is 504 g/mol. The van der Waals surface area contributed by atoms with Crippen molar-refractivity contribution in [3.8, 4) is 11.1 Å². The third-order valence-electron chi connectivity index (χ3n) is 7.26. The van der Waals surface area contributed by atoms with E-state index < -0.39 is 25.8 Å². The Kier molecular flexibility index (Phi) is 5.24. The first kappa shape index (κ1) is 20.3. The fraction of sp³-hybridized carbons (Fsp3) is 0.133. The summed E-state index contributed by atoms with van der Waals surface area (Å²) < 4.78 is 1.25. The SMILES string of the molecule is CC1=C[CH](/[Zr]([CH]2c3ccccc3-c3ccccc32)=[Si](\C)c2ccccc2)c2ccccc21. The molecule has 0 aliphatic heterocycles. The van der Waals surface area contributed by atoms with Crippen molar-refractivity contribution < 1.29 is 20.4 Å². The predicted octanol–water partition coefficient (Wildman–Crippen LogP) is 7.06. The van der Waals surface area contributed by atoms with Crippen LogP contribution in [0.1, 0.15) is 36.4 Å². The third kappa shape index (κ3) is 3.19. The average molecular weight is 506 g/mol. The Hall–Kier alpha value is -2.28. The zero-order valence-electron chi connectivity index (χ0n) is 18.5. The second-order valence-corrected chi connectivity index (χ2v) is 24.9. The first-order chi connectivity index (χ1) is 15.7. The molecule has 0 saturated carbocycles. The molecule has 0 amide bonds. The Labute approximate surface area is 198 Å². The molecule has 0 nitrogen and oxygen atoms in total. The van der Waals surface area contributed by atoms with Crippen molar-refractivity contribution in [2.24, 2.45) is 0 Å². The molecule has 32 heavy (non-hydrogen) atoms. The molecule has 2 aliphatic rings. The summed E-state index contributed by atoms with van der Waals surface area (Å²) in [6, 6.07) is 39.2. The van der Waals surface area contributed by atoms with Crippen LogP contribution in [0.2, 0.25) is 6.55 Å². The molecule has 0 aromatic heterocycles. The molecule has 0 N–H and O–H groups in total. The number of rotatable bonds is 3. The summed E-state index contributed by atoms with van der Waals surface area (Å²) in [6.45, 7) is 4.95. The summed E-state index contributed by atoms with van der Waals surface area (Å²) in [5.74, 6) is 0. The van der Waals surface area contributed by atoms with Gasteiger partial charge in [0.05, 0.1) is 0 Å². The van der Waals surface area contributed by atoms with Crippen molar-refractivity contribution in [1.82, 2.24) is 0 Å². The van der Waals surface area contributed by atoms with Crippen molar-refractivity contribution in [1.29, 1.82) is 0 Å². The Morgan fingerprint density at radius 1 is 0.594 bits per heavy atom. The van der Waals surface area contributed by atoms with E-state index in [1.54, 1.807) is 21.9 Å². The molecule has 0 bridgehead atoms. The van der Waals surface area contributed by atoms with Crippen LogP contribution in [0.4, 0.5) is 0 Å². The van der Waals surface area contributed by atoms with E-state index in [0.717, 1.165) is 0 Å². The molecule has 0 spiro atoms. The number of allylic oxidation sites excluding steroid dienone is 2. The predicted molar refractivity (Wildman–Crippen MR) is 134 cm³/mol. The van der Waals surface area contributed by atoms with E-state index in [0.29, 0.717) is 7.25 Å². The summed E-state index contributed by atoms with van der Waals surface area (Å²) in [6.07, 6.45) is 2.65. The maximum atomic E-state index is 2.65. The second-order valence-electron chi connectivity index (χ2n) is 8.97. The van der Waals surface area contributed by atoms with E-state index in [2.05, 4.69) is 123 Å². The van der Waals surface area contributed by atoms with E-state index in [1.165, 1.54) is 22.3 Å². The van der Waals surface area contributed by atoms with E-state index in [1.807, 2.05) is 0 Å². The van der Waals surface area contributed by atoms with Gasteiger partial charge < -0.3 is 0 Å². The maximum absolute atomic E-state index is 2.65. The molecule has 0 heterocycles. The molecule has 0 saturated heterocycles. The molecular formula is C30H26SiZr. The zero-order chi connectivity index (χ0) is 21.7. The van der Waals surface area contributed by atoms with Gasteiger partial charge in [-0.25, -0.2) is 0 Å². The number of hydrogen-bond donors (Lipinski definition) is 0. The number of fused-ring (bicyclic) bond motifs is 4.